The molecule has 7 heteroatoms. The van der Waals surface area contributed by atoms with Crippen LogP contribution in [0.5, 0.6) is 5.75 Å². The molecule has 0 radical (unpaired) electrons. The Bertz CT molecular complexity index is 892. The number of alkyl halides is 3. The molecule has 0 bridgehead atoms. The monoisotopic (exact) mass is 383 g/mol. The molecule has 0 atom stereocenters. The first kappa shape index (κ1) is 19.7. The van der Waals surface area contributed by atoms with Crippen LogP contribution < -0.4 is 10.3 Å². The molecule has 1 saturated carbocycles. The Morgan fingerprint density at radius 2 is 1.96 bits per heavy atom. The van der Waals surface area contributed by atoms with Gasteiger partial charge >= 0.3 is 6.18 Å². The molecule has 1 aromatic heterocycles. The van der Waals surface area contributed by atoms with Gasteiger partial charge in [0.25, 0.3) is 5.56 Å². The van der Waals surface area contributed by atoms with Gasteiger partial charge in [-0.2, -0.15) is 13.2 Å². The van der Waals surface area contributed by atoms with E-state index in [0.717, 1.165) is 12.5 Å². The van der Waals surface area contributed by atoms with Gasteiger partial charge in [0, 0.05) is 17.5 Å². The molecule has 0 amide bonds. The minimum absolute atomic E-state index is 0.140. The number of hydrogen-bond acceptors (Lipinski definition) is 3. The van der Waals surface area contributed by atoms with Crippen molar-refractivity contribution in [3.63, 3.8) is 0 Å². The summed E-state index contributed by atoms with van der Waals surface area (Å²) in [6.07, 6.45) is -3.40. The standard InChI is InChI=1S/C20H24F3NO3/c1-12(2)6-7-27-15-8-13-4-5-17(25)24(14-10-19(3,26)11-14)18(13)16(9-15)20(21,22)23/h4-5,8-9,12,14,26H,6-7,10-11H2,1-3H3. The third-order valence-electron chi connectivity index (χ3n) is 4.98. The van der Waals surface area contributed by atoms with Crippen molar-refractivity contribution in [1.29, 1.82) is 0 Å². The van der Waals surface area contributed by atoms with Crippen molar-refractivity contribution in [1.82, 2.24) is 4.57 Å². The fourth-order valence-corrected chi connectivity index (χ4v) is 3.59. The van der Waals surface area contributed by atoms with Gasteiger partial charge in [-0.15, -0.1) is 0 Å². The van der Waals surface area contributed by atoms with Crippen molar-refractivity contribution in [2.24, 2.45) is 5.92 Å². The predicted molar refractivity (Wildman–Crippen MR) is 97.1 cm³/mol. The molecule has 27 heavy (non-hydrogen) atoms. The Morgan fingerprint density at radius 3 is 2.52 bits per heavy atom. The molecule has 4 nitrogen and oxygen atoms in total. The first-order valence-corrected chi connectivity index (χ1v) is 9.09. The van der Waals surface area contributed by atoms with Crippen LogP contribution in [0.4, 0.5) is 13.2 Å². The van der Waals surface area contributed by atoms with E-state index in [0.29, 0.717) is 17.9 Å². The van der Waals surface area contributed by atoms with Crippen LogP contribution in [0.25, 0.3) is 10.9 Å². The molecule has 0 spiro atoms. The van der Waals surface area contributed by atoms with Gasteiger partial charge in [0.05, 0.1) is 23.3 Å². The van der Waals surface area contributed by atoms with Crippen molar-refractivity contribution in [3.8, 4) is 5.75 Å². The van der Waals surface area contributed by atoms with E-state index in [4.69, 9.17) is 4.74 Å². The van der Waals surface area contributed by atoms with Crippen molar-refractivity contribution < 1.29 is 23.0 Å². The molecule has 1 aromatic carbocycles. The van der Waals surface area contributed by atoms with Gasteiger partial charge in [-0.3, -0.25) is 4.79 Å². The van der Waals surface area contributed by atoms with Gasteiger partial charge in [0.15, 0.2) is 0 Å². The normalized spacial score (nSPS) is 22.9. The average Bonchev–Trinajstić information content (AvgIpc) is 2.51. The molecule has 0 unspecified atom stereocenters. The molecule has 3 rings (SSSR count). The van der Waals surface area contributed by atoms with Gasteiger partial charge in [-0.05, 0) is 50.3 Å². The van der Waals surface area contributed by atoms with Crippen LogP contribution in [0.15, 0.2) is 29.1 Å². The zero-order chi connectivity index (χ0) is 20.0. The van der Waals surface area contributed by atoms with Gasteiger partial charge in [0.2, 0.25) is 0 Å². The van der Waals surface area contributed by atoms with Crippen molar-refractivity contribution in [2.75, 3.05) is 6.61 Å². The highest BCUT2D eigenvalue weighted by atomic mass is 19.4. The van der Waals surface area contributed by atoms with Crippen LogP contribution in [0, 0.1) is 5.92 Å². The second-order valence-electron chi connectivity index (χ2n) is 8.04. The summed E-state index contributed by atoms with van der Waals surface area (Å²) in [5.41, 5.74) is -2.48. The molecule has 2 aromatic rings. The molecule has 1 aliphatic rings. The number of fused-ring (bicyclic) bond motifs is 1. The fourth-order valence-electron chi connectivity index (χ4n) is 3.59. The summed E-state index contributed by atoms with van der Waals surface area (Å²) in [6.45, 7) is 5.96. The molecule has 1 fully saturated rings. The molecule has 1 heterocycles. The highest BCUT2D eigenvalue weighted by molar-refractivity contribution is 5.84. The summed E-state index contributed by atoms with van der Waals surface area (Å²) in [7, 11) is 0. The van der Waals surface area contributed by atoms with Crippen molar-refractivity contribution in [2.45, 2.75) is 57.9 Å². The Labute approximate surface area is 155 Å². The summed E-state index contributed by atoms with van der Waals surface area (Å²) in [5, 5.41) is 10.3. The number of aliphatic hydroxyl groups is 1. The Kier molecular flexibility index (Phi) is 5.01. The molecule has 148 valence electrons. The van der Waals surface area contributed by atoms with Gasteiger partial charge in [-0.1, -0.05) is 13.8 Å². The Hall–Kier alpha value is -2.02. The zero-order valence-electron chi connectivity index (χ0n) is 15.6. The van der Waals surface area contributed by atoms with Crippen molar-refractivity contribution >= 4 is 10.9 Å². The van der Waals surface area contributed by atoms with E-state index in [1.807, 2.05) is 13.8 Å². The van der Waals surface area contributed by atoms with Crippen LogP contribution >= 0.6 is 0 Å². The van der Waals surface area contributed by atoms with E-state index in [1.165, 1.54) is 22.8 Å². The van der Waals surface area contributed by atoms with Crippen molar-refractivity contribution in [3.05, 3.63) is 40.2 Å². The third kappa shape index (κ3) is 4.13. The van der Waals surface area contributed by atoms with E-state index in [2.05, 4.69) is 0 Å². The van der Waals surface area contributed by atoms with Crippen LogP contribution in [0.1, 0.15) is 51.6 Å². The number of halogens is 3. The van der Waals surface area contributed by atoms with Gasteiger partial charge < -0.3 is 14.4 Å². The van der Waals surface area contributed by atoms with E-state index in [1.54, 1.807) is 6.92 Å². The molecule has 1 aliphatic carbocycles. The minimum Gasteiger partial charge on any atom is -0.494 e. The first-order valence-electron chi connectivity index (χ1n) is 9.09. The largest absolute Gasteiger partial charge is 0.494 e. The van der Waals surface area contributed by atoms with Gasteiger partial charge in [-0.25, -0.2) is 0 Å². The summed E-state index contributed by atoms with van der Waals surface area (Å²) in [6, 6.07) is 4.72. The number of ether oxygens (including phenoxy) is 1. The van der Waals surface area contributed by atoms with Gasteiger partial charge in [0.1, 0.15) is 5.75 Å². The highest BCUT2D eigenvalue weighted by Crippen LogP contribution is 2.44. The van der Waals surface area contributed by atoms with E-state index in [9.17, 15) is 23.1 Å². The lowest BCUT2D eigenvalue weighted by molar-refractivity contribution is -0.136. The average molecular weight is 383 g/mol. The smallest absolute Gasteiger partial charge is 0.418 e. The Balaban J connectivity index is 2.11. The van der Waals surface area contributed by atoms with E-state index >= 15 is 0 Å². The quantitative estimate of drug-likeness (QED) is 0.825. The summed E-state index contributed by atoms with van der Waals surface area (Å²) < 4.78 is 48.0. The van der Waals surface area contributed by atoms with Crippen LogP contribution in [0.2, 0.25) is 0 Å². The van der Waals surface area contributed by atoms with Crippen LogP contribution in [-0.4, -0.2) is 21.9 Å². The van der Waals surface area contributed by atoms with E-state index in [-0.39, 0.29) is 24.1 Å². The first-order chi connectivity index (χ1) is 12.5. The zero-order valence-corrected chi connectivity index (χ0v) is 15.6. The number of hydrogen-bond donors (Lipinski definition) is 1. The second-order valence-corrected chi connectivity index (χ2v) is 8.04. The van der Waals surface area contributed by atoms with E-state index < -0.39 is 28.9 Å². The lowest BCUT2D eigenvalue weighted by Crippen LogP contribution is -2.45. The lowest BCUT2D eigenvalue weighted by atomic mass is 9.77. The summed E-state index contributed by atoms with van der Waals surface area (Å²) in [5.74, 6) is 0.519. The maximum atomic E-state index is 13.8. The molecule has 0 saturated heterocycles. The maximum absolute atomic E-state index is 13.8. The second kappa shape index (κ2) is 6.86. The molecular formula is C20H24F3NO3. The maximum Gasteiger partial charge on any atom is 0.418 e. The summed E-state index contributed by atoms with van der Waals surface area (Å²) in [4.78, 5) is 12.4. The van der Waals surface area contributed by atoms with Crippen LogP contribution in [0.3, 0.4) is 0 Å². The molecular weight excluding hydrogens is 359 g/mol. The van der Waals surface area contributed by atoms with Crippen LogP contribution in [-0.2, 0) is 6.18 Å². The topological polar surface area (TPSA) is 51.5 Å². The third-order valence-corrected chi connectivity index (χ3v) is 4.98. The lowest BCUT2D eigenvalue weighted by Gasteiger charge is -2.42. The minimum atomic E-state index is -4.63. The predicted octanol–water partition coefficient (Wildman–Crippen LogP) is 4.53. The highest BCUT2D eigenvalue weighted by Gasteiger charge is 2.42. The molecule has 1 N–H and O–H groups in total. The Morgan fingerprint density at radius 1 is 1.30 bits per heavy atom. The summed E-state index contributed by atoms with van der Waals surface area (Å²) >= 11 is 0. The number of pyridine rings is 1. The molecule has 0 aliphatic heterocycles. The number of aromatic nitrogens is 1. The number of rotatable bonds is 5. The fraction of sp³-hybridized carbons (Fsp3) is 0.550. The number of benzene rings is 1. The number of nitrogens with zero attached hydrogens (tertiary/aromatic N) is 1. The SMILES string of the molecule is CC(C)CCOc1cc(C(F)(F)F)c2c(ccc(=O)n2C2CC(C)(O)C2)c1.